The topological polar surface area (TPSA) is 76.7 Å². The highest BCUT2D eigenvalue weighted by Crippen LogP contribution is 2.44. The molecule has 2 N–H and O–H groups in total. The minimum atomic E-state index is -1.10. The Labute approximate surface area is 110 Å². The Hall–Kier alpha value is -2.24. The van der Waals surface area contributed by atoms with Gasteiger partial charge in [0.15, 0.2) is 5.72 Å². The molecule has 1 saturated heterocycles. The second kappa shape index (κ2) is 3.88. The molecule has 2 heterocycles. The van der Waals surface area contributed by atoms with Crippen molar-refractivity contribution in [2.75, 3.05) is 7.11 Å². The van der Waals surface area contributed by atoms with Gasteiger partial charge in [-0.05, 0) is 13.0 Å². The van der Waals surface area contributed by atoms with Crippen molar-refractivity contribution in [3.63, 3.8) is 0 Å². The van der Waals surface area contributed by atoms with Gasteiger partial charge in [-0.2, -0.15) is 0 Å². The minimum Gasteiger partial charge on any atom is -0.469 e. The lowest BCUT2D eigenvalue weighted by atomic mass is 9.80. The molecule has 6 nitrogen and oxygen atoms in total. The lowest BCUT2D eigenvalue weighted by Gasteiger charge is -2.48. The van der Waals surface area contributed by atoms with Gasteiger partial charge < -0.3 is 14.8 Å². The summed E-state index contributed by atoms with van der Waals surface area (Å²) >= 11 is 0. The normalized spacial score (nSPS) is 31.4. The summed E-state index contributed by atoms with van der Waals surface area (Å²) in [4.78, 5) is 23.7. The summed E-state index contributed by atoms with van der Waals surface area (Å²) in [7, 11) is 1.32. The van der Waals surface area contributed by atoms with E-state index in [0.717, 1.165) is 5.56 Å². The van der Waals surface area contributed by atoms with Gasteiger partial charge in [-0.1, -0.05) is 18.2 Å². The number of nitrogens with one attached hydrogen (secondary N) is 2. The summed E-state index contributed by atoms with van der Waals surface area (Å²) in [6, 6.07) is 6.53. The highest BCUT2D eigenvalue weighted by Gasteiger charge is 2.56. The molecular weight excluding hydrogens is 248 g/mol. The smallest absolute Gasteiger partial charge is 0.318 e. The van der Waals surface area contributed by atoms with Gasteiger partial charge in [0, 0.05) is 5.56 Å². The Kier molecular flexibility index (Phi) is 2.41. The van der Waals surface area contributed by atoms with E-state index in [2.05, 4.69) is 10.6 Å². The number of methoxy groups -OCH3 is 1. The molecule has 2 aliphatic rings. The summed E-state index contributed by atoms with van der Waals surface area (Å²) in [5.74, 6) is -0.401. The van der Waals surface area contributed by atoms with Crippen molar-refractivity contribution in [3.05, 3.63) is 29.8 Å². The highest BCUT2D eigenvalue weighted by atomic mass is 16.5. The summed E-state index contributed by atoms with van der Waals surface area (Å²) in [5, 5.41) is 5.42. The van der Waals surface area contributed by atoms with Crippen LogP contribution in [-0.4, -0.2) is 24.8 Å². The minimum absolute atomic E-state index is 0.359. The van der Waals surface area contributed by atoms with Gasteiger partial charge >= 0.3 is 12.0 Å². The van der Waals surface area contributed by atoms with E-state index in [0.29, 0.717) is 5.75 Å². The zero-order valence-electron chi connectivity index (χ0n) is 10.6. The molecule has 0 aromatic heterocycles. The first-order chi connectivity index (χ1) is 9.05. The predicted octanol–water partition coefficient (Wildman–Crippen LogP) is 0.938. The van der Waals surface area contributed by atoms with E-state index in [4.69, 9.17) is 9.47 Å². The molecule has 1 aromatic carbocycles. The van der Waals surface area contributed by atoms with Crippen LogP contribution in [0.1, 0.15) is 18.5 Å². The average Bonchev–Trinajstić information content (AvgIpc) is 2.36. The lowest BCUT2D eigenvalue weighted by Crippen LogP contribution is -2.70. The fourth-order valence-electron chi connectivity index (χ4n) is 2.77. The zero-order valence-corrected chi connectivity index (χ0v) is 10.6. The van der Waals surface area contributed by atoms with E-state index in [9.17, 15) is 9.59 Å². The third-order valence-corrected chi connectivity index (χ3v) is 3.61. The first-order valence-electron chi connectivity index (χ1n) is 5.99. The molecule has 3 rings (SSSR count). The number of rotatable bonds is 1. The first kappa shape index (κ1) is 11.8. The quantitative estimate of drug-likeness (QED) is 0.738. The van der Waals surface area contributed by atoms with Crippen molar-refractivity contribution in [1.82, 2.24) is 10.6 Å². The van der Waals surface area contributed by atoms with E-state index in [1.807, 2.05) is 24.3 Å². The van der Waals surface area contributed by atoms with Crippen molar-refractivity contribution in [1.29, 1.82) is 0 Å². The average molecular weight is 262 g/mol. The Balaban J connectivity index is 2.14. The van der Waals surface area contributed by atoms with Gasteiger partial charge in [-0.25, -0.2) is 4.79 Å². The number of ether oxygens (including phenoxy) is 2. The molecule has 0 spiro atoms. The van der Waals surface area contributed by atoms with Gasteiger partial charge in [0.05, 0.1) is 13.2 Å². The Morgan fingerprint density at radius 3 is 2.89 bits per heavy atom. The van der Waals surface area contributed by atoms with Crippen LogP contribution >= 0.6 is 0 Å². The van der Waals surface area contributed by atoms with Gasteiger partial charge in [0.25, 0.3) is 0 Å². The number of carbonyl (C=O) groups is 2. The molecule has 19 heavy (non-hydrogen) atoms. The number of hydrogen-bond donors (Lipinski definition) is 2. The molecule has 2 unspecified atom stereocenters. The van der Waals surface area contributed by atoms with Crippen LogP contribution in [0.5, 0.6) is 5.75 Å². The van der Waals surface area contributed by atoms with E-state index in [1.54, 1.807) is 6.92 Å². The summed E-state index contributed by atoms with van der Waals surface area (Å²) in [5.41, 5.74) is -0.320. The van der Waals surface area contributed by atoms with Crippen LogP contribution < -0.4 is 15.4 Å². The monoisotopic (exact) mass is 262 g/mol. The standard InChI is InChI=1S/C13H14N2O4/c1-13-9(11(16)18-2)10(14-12(17)15-13)7-5-3-4-6-8(7)19-13/h3-6,9-10H,1-2H3,(H2,14,15,17)/t9-,10?,13?/m0/s1. The molecule has 3 atom stereocenters. The maximum absolute atomic E-state index is 12.0. The van der Waals surface area contributed by atoms with E-state index >= 15 is 0 Å². The number of esters is 1. The summed E-state index contributed by atoms with van der Waals surface area (Å²) < 4.78 is 10.7. The number of fused-ring (bicyclic) bond motifs is 4. The number of carbonyl (C=O) groups excluding carboxylic acids is 2. The highest BCUT2D eigenvalue weighted by molar-refractivity contribution is 5.84. The molecule has 0 saturated carbocycles. The third-order valence-electron chi connectivity index (χ3n) is 3.61. The molecule has 6 heteroatoms. The van der Waals surface area contributed by atoms with Crippen molar-refractivity contribution < 1.29 is 19.1 Å². The Morgan fingerprint density at radius 2 is 2.16 bits per heavy atom. The first-order valence-corrected chi connectivity index (χ1v) is 5.99. The molecule has 0 radical (unpaired) electrons. The molecule has 2 amide bonds. The molecule has 2 aliphatic heterocycles. The van der Waals surface area contributed by atoms with Gasteiger partial charge in [0.1, 0.15) is 11.7 Å². The second-order valence-electron chi connectivity index (χ2n) is 4.82. The number of amides is 2. The van der Waals surface area contributed by atoms with E-state index < -0.39 is 23.7 Å². The Morgan fingerprint density at radius 1 is 1.42 bits per heavy atom. The SMILES string of the molecule is COC(=O)[C@@H]1C2NC(=O)NC1(C)Oc1ccccc12. The second-order valence-corrected chi connectivity index (χ2v) is 4.82. The van der Waals surface area contributed by atoms with Crippen LogP contribution in [0.2, 0.25) is 0 Å². The number of benzene rings is 1. The fourth-order valence-corrected chi connectivity index (χ4v) is 2.77. The summed E-state index contributed by atoms with van der Waals surface area (Å²) in [6.45, 7) is 1.68. The third kappa shape index (κ3) is 1.63. The van der Waals surface area contributed by atoms with Crippen molar-refractivity contribution in [2.24, 2.45) is 5.92 Å². The maximum atomic E-state index is 12.0. The molecule has 100 valence electrons. The fraction of sp³-hybridized carbons (Fsp3) is 0.385. The number of hydrogen-bond acceptors (Lipinski definition) is 4. The zero-order chi connectivity index (χ0) is 13.6. The van der Waals surface area contributed by atoms with Crippen molar-refractivity contribution in [3.8, 4) is 5.75 Å². The summed E-state index contributed by atoms with van der Waals surface area (Å²) in [6.07, 6.45) is 0. The van der Waals surface area contributed by atoms with Crippen LogP contribution in [0.3, 0.4) is 0 Å². The Bertz CT molecular complexity index is 559. The van der Waals surface area contributed by atoms with Crippen molar-refractivity contribution in [2.45, 2.75) is 18.7 Å². The molecule has 2 bridgehead atoms. The molecular formula is C13H14N2O4. The van der Waals surface area contributed by atoms with E-state index in [1.165, 1.54) is 7.11 Å². The van der Waals surface area contributed by atoms with Crippen LogP contribution in [0.25, 0.3) is 0 Å². The predicted molar refractivity (Wildman–Crippen MR) is 65.4 cm³/mol. The lowest BCUT2D eigenvalue weighted by molar-refractivity contribution is -0.160. The van der Waals surface area contributed by atoms with Gasteiger partial charge in [-0.15, -0.1) is 0 Å². The van der Waals surface area contributed by atoms with E-state index in [-0.39, 0.29) is 6.03 Å². The van der Waals surface area contributed by atoms with Crippen LogP contribution in [0.15, 0.2) is 24.3 Å². The van der Waals surface area contributed by atoms with Gasteiger partial charge in [-0.3, -0.25) is 10.1 Å². The maximum Gasteiger partial charge on any atom is 0.318 e. The largest absolute Gasteiger partial charge is 0.469 e. The van der Waals surface area contributed by atoms with Crippen molar-refractivity contribution >= 4 is 12.0 Å². The van der Waals surface area contributed by atoms with Crippen LogP contribution in [0, 0.1) is 5.92 Å². The molecule has 0 aliphatic carbocycles. The van der Waals surface area contributed by atoms with Gasteiger partial charge in [0.2, 0.25) is 0 Å². The molecule has 1 aromatic rings. The number of urea groups is 1. The number of para-hydroxylation sites is 1. The van der Waals surface area contributed by atoms with Crippen LogP contribution in [0.4, 0.5) is 4.79 Å². The molecule has 1 fully saturated rings. The van der Waals surface area contributed by atoms with Crippen LogP contribution in [-0.2, 0) is 9.53 Å².